The number of hydrogen-bond donors (Lipinski definition) is 2. The van der Waals surface area contributed by atoms with Crippen LogP contribution in [0.15, 0.2) is 0 Å². The number of aliphatic hydroxyl groups excluding tert-OH is 2. The van der Waals surface area contributed by atoms with Crippen LogP contribution < -0.4 is 0 Å². The van der Waals surface area contributed by atoms with Crippen LogP contribution in [-0.4, -0.2) is 22.9 Å². The smallest absolute Gasteiger partial charge is 0.0566 e. The Hall–Kier alpha value is -0.0800. The van der Waals surface area contributed by atoms with Gasteiger partial charge in [-0.25, -0.2) is 0 Å². The summed E-state index contributed by atoms with van der Waals surface area (Å²) in [4.78, 5) is 0. The van der Waals surface area contributed by atoms with Crippen LogP contribution >= 0.6 is 0 Å². The molecule has 0 rings (SSSR count). The van der Waals surface area contributed by atoms with Crippen LogP contribution in [0.25, 0.3) is 0 Å². The normalized spacial score (nSPS) is 20.1. The zero-order chi connectivity index (χ0) is 8.15. The lowest BCUT2D eigenvalue weighted by Crippen LogP contribution is -2.25. The maximum Gasteiger partial charge on any atom is 0.0566 e. The predicted octanol–water partition coefficient (Wildman–Crippen LogP) is 1.02. The molecule has 0 radical (unpaired) electrons. The summed E-state index contributed by atoms with van der Waals surface area (Å²) in [5, 5.41) is 18.1. The fourth-order valence-electron chi connectivity index (χ4n) is 0.917. The van der Waals surface area contributed by atoms with Gasteiger partial charge in [0.1, 0.15) is 0 Å². The summed E-state index contributed by atoms with van der Waals surface area (Å²) >= 11 is 0. The summed E-state index contributed by atoms with van der Waals surface area (Å²) in [5.74, 6) is 0.407. The third-order valence-electron chi connectivity index (χ3n) is 2.21. The van der Waals surface area contributed by atoms with Gasteiger partial charge in [0.2, 0.25) is 0 Å². The van der Waals surface area contributed by atoms with Crippen molar-refractivity contribution in [1.82, 2.24) is 0 Å². The first-order chi connectivity index (χ1) is 4.63. The highest BCUT2D eigenvalue weighted by Crippen LogP contribution is 2.16. The average molecular weight is 146 g/mol. The van der Waals surface area contributed by atoms with Gasteiger partial charge in [0, 0.05) is 6.61 Å². The molecule has 0 saturated heterocycles. The highest BCUT2D eigenvalue weighted by Gasteiger charge is 2.17. The van der Waals surface area contributed by atoms with E-state index >= 15 is 0 Å². The second-order valence-corrected chi connectivity index (χ2v) is 2.99. The molecule has 0 saturated carbocycles. The van der Waals surface area contributed by atoms with Crippen molar-refractivity contribution in [3.8, 4) is 0 Å². The molecule has 3 atom stereocenters. The lowest BCUT2D eigenvalue weighted by molar-refractivity contribution is 0.0621. The summed E-state index contributed by atoms with van der Waals surface area (Å²) in [6.07, 6.45) is 0.507. The molecule has 2 heteroatoms. The molecule has 0 aliphatic carbocycles. The van der Waals surface area contributed by atoms with Crippen LogP contribution in [0.4, 0.5) is 0 Å². The highest BCUT2D eigenvalue weighted by atomic mass is 16.3. The van der Waals surface area contributed by atoms with Crippen molar-refractivity contribution in [2.24, 2.45) is 11.8 Å². The molecule has 0 aromatic carbocycles. The van der Waals surface area contributed by atoms with Crippen LogP contribution in [0.3, 0.4) is 0 Å². The van der Waals surface area contributed by atoms with E-state index in [-0.39, 0.29) is 24.5 Å². The summed E-state index contributed by atoms with van der Waals surface area (Å²) in [5.41, 5.74) is 0. The Morgan fingerprint density at radius 3 is 2.10 bits per heavy atom. The molecule has 0 fully saturated rings. The molecule has 0 heterocycles. The van der Waals surface area contributed by atoms with E-state index in [1.807, 2.05) is 20.8 Å². The van der Waals surface area contributed by atoms with Crippen molar-refractivity contribution in [2.75, 3.05) is 6.61 Å². The minimum atomic E-state index is -0.262. The molecule has 2 nitrogen and oxygen atoms in total. The van der Waals surface area contributed by atoms with Crippen molar-refractivity contribution in [1.29, 1.82) is 0 Å². The van der Waals surface area contributed by atoms with Crippen LogP contribution in [0.2, 0.25) is 0 Å². The highest BCUT2D eigenvalue weighted by molar-refractivity contribution is 4.67. The van der Waals surface area contributed by atoms with Gasteiger partial charge in [-0.2, -0.15) is 0 Å². The summed E-state index contributed by atoms with van der Waals surface area (Å²) in [6.45, 7) is 6.03. The van der Waals surface area contributed by atoms with Crippen LogP contribution in [0, 0.1) is 11.8 Å². The molecular formula is C8H18O2. The summed E-state index contributed by atoms with van der Waals surface area (Å²) in [7, 11) is 0. The van der Waals surface area contributed by atoms with Crippen molar-refractivity contribution < 1.29 is 10.2 Å². The Morgan fingerprint density at radius 1 is 1.30 bits per heavy atom. The molecule has 0 amide bonds. The van der Waals surface area contributed by atoms with Gasteiger partial charge >= 0.3 is 0 Å². The molecule has 62 valence electrons. The van der Waals surface area contributed by atoms with Gasteiger partial charge < -0.3 is 10.2 Å². The molecule has 2 N–H and O–H groups in total. The Balaban J connectivity index is 3.69. The first kappa shape index (κ1) is 9.92. The SMILES string of the molecule is CC[C@@H](O)[C@@H](C)C(C)CO. The van der Waals surface area contributed by atoms with E-state index in [1.54, 1.807) is 0 Å². The Bertz CT molecular complexity index is 73.3. The average Bonchev–Trinajstić information content (AvgIpc) is 2.00. The zero-order valence-corrected chi connectivity index (χ0v) is 7.04. The topological polar surface area (TPSA) is 40.5 Å². The molecule has 0 spiro atoms. The molecular weight excluding hydrogens is 128 g/mol. The van der Waals surface area contributed by atoms with Crippen LogP contribution in [0.5, 0.6) is 0 Å². The van der Waals surface area contributed by atoms with Crippen molar-refractivity contribution >= 4 is 0 Å². The minimum Gasteiger partial charge on any atom is -0.396 e. The van der Waals surface area contributed by atoms with E-state index < -0.39 is 0 Å². The number of aliphatic hydroxyl groups is 2. The quantitative estimate of drug-likeness (QED) is 0.621. The molecule has 0 bridgehead atoms. The zero-order valence-electron chi connectivity index (χ0n) is 7.04. The Labute approximate surface area is 62.9 Å². The van der Waals surface area contributed by atoms with E-state index in [4.69, 9.17) is 5.11 Å². The van der Waals surface area contributed by atoms with E-state index in [0.717, 1.165) is 6.42 Å². The fraction of sp³-hybridized carbons (Fsp3) is 1.00. The van der Waals surface area contributed by atoms with Gasteiger partial charge in [-0.1, -0.05) is 20.8 Å². The van der Waals surface area contributed by atoms with Gasteiger partial charge in [-0.05, 0) is 18.3 Å². The first-order valence-corrected chi connectivity index (χ1v) is 3.92. The molecule has 0 aromatic heterocycles. The molecule has 0 aromatic rings. The summed E-state index contributed by atoms with van der Waals surface area (Å²) in [6, 6.07) is 0. The lowest BCUT2D eigenvalue weighted by Gasteiger charge is -2.22. The maximum absolute atomic E-state index is 9.32. The predicted molar refractivity (Wildman–Crippen MR) is 41.7 cm³/mol. The standard InChI is InChI=1S/C8H18O2/c1-4-8(10)7(3)6(2)5-9/h6-10H,4-5H2,1-3H3/t6?,7-,8+/m0/s1. The van der Waals surface area contributed by atoms with Gasteiger partial charge in [0.25, 0.3) is 0 Å². The van der Waals surface area contributed by atoms with Crippen LogP contribution in [0.1, 0.15) is 27.2 Å². The van der Waals surface area contributed by atoms with Crippen molar-refractivity contribution in [2.45, 2.75) is 33.3 Å². The largest absolute Gasteiger partial charge is 0.396 e. The van der Waals surface area contributed by atoms with E-state index in [1.165, 1.54) is 0 Å². The van der Waals surface area contributed by atoms with E-state index in [9.17, 15) is 5.11 Å². The van der Waals surface area contributed by atoms with E-state index in [0.29, 0.717) is 0 Å². The van der Waals surface area contributed by atoms with Crippen molar-refractivity contribution in [3.63, 3.8) is 0 Å². The minimum absolute atomic E-state index is 0.165. The summed E-state index contributed by atoms with van der Waals surface area (Å²) < 4.78 is 0. The number of hydrogen-bond acceptors (Lipinski definition) is 2. The second kappa shape index (κ2) is 4.69. The third-order valence-corrected chi connectivity index (χ3v) is 2.21. The molecule has 0 aliphatic rings. The monoisotopic (exact) mass is 146 g/mol. The van der Waals surface area contributed by atoms with Gasteiger partial charge in [0.05, 0.1) is 6.10 Å². The Kier molecular flexibility index (Phi) is 4.65. The van der Waals surface area contributed by atoms with Gasteiger partial charge in [-0.3, -0.25) is 0 Å². The van der Waals surface area contributed by atoms with Gasteiger partial charge in [0.15, 0.2) is 0 Å². The van der Waals surface area contributed by atoms with E-state index in [2.05, 4.69) is 0 Å². The number of rotatable bonds is 4. The molecule has 1 unspecified atom stereocenters. The first-order valence-electron chi connectivity index (χ1n) is 3.92. The second-order valence-electron chi connectivity index (χ2n) is 2.99. The molecule has 10 heavy (non-hydrogen) atoms. The maximum atomic E-state index is 9.32. The van der Waals surface area contributed by atoms with Crippen LogP contribution in [-0.2, 0) is 0 Å². The van der Waals surface area contributed by atoms with Gasteiger partial charge in [-0.15, -0.1) is 0 Å². The fourth-order valence-corrected chi connectivity index (χ4v) is 0.917. The molecule has 0 aliphatic heterocycles. The lowest BCUT2D eigenvalue weighted by atomic mass is 9.90. The Morgan fingerprint density at radius 2 is 1.80 bits per heavy atom. The third kappa shape index (κ3) is 2.67. The van der Waals surface area contributed by atoms with Crippen molar-refractivity contribution in [3.05, 3.63) is 0 Å².